The van der Waals surface area contributed by atoms with Crippen molar-refractivity contribution in [3.63, 3.8) is 0 Å². The molecule has 0 nitrogen and oxygen atoms in total. The lowest BCUT2D eigenvalue weighted by Crippen LogP contribution is -1.22. The van der Waals surface area contributed by atoms with Crippen molar-refractivity contribution < 1.29 is 0 Å². The van der Waals surface area contributed by atoms with Crippen LogP contribution < -0.4 is 0 Å². The lowest BCUT2D eigenvalue weighted by Gasteiger charge is -1.89. The molecule has 0 saturated heterocycles. The molecular weight excluding hydrogens is 248 g/mol. The highest BCUT2D eigenvalue weighted by Crippen LogP contribution is 2.66. The zero-order valence-corrected chi connectivity index (χ0v) is 8.61. The van der Waals surface area contributed by atoms with Crippen molar-refractivity contribution in [3.8, 4) is 0 Å². The van der Waals surface area contributed by atoms with E-state index in [9.17, 15) is 0 Å². The van der Waals surface area contributed by atoms with Gasteiger partial charge in [0, 0.05) is 0 Å². The molecule has 0 saturated carbocycles. The summed E-state index contributed by atoms with van der Waals surface area (Å²) >= 11 is 2.40. The van der Waals surface area contributed by atoms with Gasteiger partial charge in [0.05, 0.1) is 9.91 Å². The van der Waals surface area contributed by atoms with Crippen molar-refractivity contribution in [2.75, 3.05) is 0 Å². The molecule has 0 rings (SSSR count). The summed E-state index contributed by atoms with van der Waals surface area (Å²) in [5, 5.41) is 0. The van der Waals surface area contributed by atoms with Gasteiger partial charge in [0.1, 0.15) is 0 Å². The van der Waals surface area contributed by atoms with Crippen LogP contribution in [0.15, 0.2) is 0 Å². The molecular formula is H3IP3Si. The minimum Gasteiger partial charge on any atom is -0.101 e. The molecule has 3 radical (unpaired) electrons. The highest BCUT2D eigenvalue weighted by molar-refractivity contribution is 14.2. The van der Waals surface area contributed by atoms with Gasteiger partial charge in [0.15, 0.2) is 0 Å². The molecule has 0 aliphatic rings. The van der Waals surface area contributed by atoms with Crippen LogP contribution in [-0.2, 0) is 0 Å². The summed E-state index contributed by atoms with van der Waals surface area (Å²) in [5.74, 6) is 0. The number of hydrogen-bond donors (Lipinski definition) is 0. The molecule has 0 aromatic heterocycles. The molecule has 3 atom stereocenters. The Hall–Kier alpha value is 2.24. The van der Waals surface area contributed by atoms with Gasteiger partial charge in [-0.1, -0.05) is 8.93 Å². The van der Waals surface area contributed by atoms with Gasteiger partial charge in [0.2, 0.25) is 0 Å². The average Bonchev–Trinajstić information content (AvgIpc) is 1.38. The predicted molar refractivity (Wildman–Crippen MR) is 44.7 cm³/mol. The van der Waals surface area contributed by atoms with E-state index in [-0.39, 0.29) is 4.94 Å². The minimum atomic E-state index is 0.230. The molecule has 0 fully saturated rings. The van der Waals surface area contributed by atoms with Crippen LogP contribution in [0.1, 0.15) is 0 Å². The number of hydrogen-bond acceptors (Lipinski definition) is 0. The first-order valence-electron chi connectivity index (χ1n) is 0.901. The lowest BCUT2D eigenvalue weighted by atomic mass is 27.7. The maximum Gasteiger partial charge on any atom is 0.0687 e. The van der Waals surface area contributed by atoms with Crippen molar-refractivity contribution in [3.05, 3.63) is 0 Å². The first-order valence-corrected chi connectivity index (χ1v) is 9.99. The molecule has 0 bridgehead atoms. The standard InChI is InChI=1S/H3IP3Si/c1-4(2)3-5/h3H,2H2. The summed E-state index contributed by atoms with van der Waals surface area (Å²) < 4.78 is 0. The third kappa shape index (κ3) is 6.24. The van der Waals surface area contributed by atoms with Crippen LogP contribution in [0.2, 0.25) is 0 Å². The van der Waals surface area contributed by atoms with Gasteiger partial charge in [-0.2, -0.15) is 0 Å². The van der Waals surface area contributed by atoms with Crippen molar-refractivity contribution in [1.29, 1.82) is 0 Å². The predicted octanol–water partition coefficient (Wildman–Crippen LogP) is 2.29. The summed E-state index contributed by atoms with van der Waals surface area (Å²) in [4.78, 5) is 0.230. The molecule has 5 heavy (non-hydrogen) atoms. The smallest absolute Gasteiger partial charge is 0.0687 e. The molecule has 0 aromatic rings. The second-order valence-electron chi connectivity index (χ2n) is 0.423. The summed E-state index contributed by atoms with van der Waals surface area (Å²) in [7, 11) is 7.07. The average molecular weight is 251 g/mol. The summed E-state index contributed by atoms with van der Waals surface area (Å²) in [6.07, 6.45) is 0. The Morgan fingerprint density at radius 3 is 2.20 bits per heavy atom. The summed E-state index contributed by atoms with van der Waals surface area (Å²) in [6.45, 7) is 0. The van der Waals surface area contributed by atoms with Crippen molar-refractivity contribution in [1.82, 2.24) is 0 Å². The van der Waals surface area contributed by atoms with E-state index in [4.69, 9.17) is 0 Å². The fraction of sp³-hybridized carbons (Fsp3) is 0. The van der Waals surface area contributed by atoms with E-state index in [1.165, 1.54) is 0 Å². The molecule has 0 heterocycles. The third-order valence-electron chi connectivity index (χ3n) is 0.107. The van der Waals surface area contributed by atoms with Crippen LogP contribution in [0.5, 0.6) is 0 Å². The Kier molecular flexibility index (Phi) is 6.36. The topological polar surface area (TPSA) is 0 Å². The van der Waals surface area contributed by atoms with Crippen LogP contribution in [0.25, 0.3) is 0 Å². The SMILES string of the molecule is [Si]PP(P)I. The fourth-order valence-corrected chi connectivity index (χ4v) is 0. The van der Waals surface area contributed by atoms with Gasteiger partial charge in [-0.3, -0.25) is 0 Å². The Bertz CT molecular complexity index is 20.9. The maximum atomic E-state index is 3.38. The zero-order valence-electron chi connectivity index (χ0n) is 2.40. The van der Waals surface area contributed by atoms with Crippen molar-refractivity contribution >= 4 is 53.6 Å². The molecule has 0 N–H and O–H groups in total. The molecule has 3 unspecified atom stereocenters. The maximum absolute atomic E-state index is 3.38. The Balaban J connectivity index is 2.54. The second-order valence-corrected chi connectivity index (χ2v) is 17.5. The van der Waals surface area contributed by atoms with E-state index in [0.717, 1.165) is 7.82 Å². The highest BCUT2D eigenvalue weighted by atomic mass is 127. The van der Waals surface area contributed by atoms with Crippen LogP contribution in [-0.4, -0.2) is 9.91 Å². The van der Waals surface area contributed by atoms with Crippen LogP contribution in [0, 0.1) is 0 Å². The lowest BCUT2D eigenvalue weighted by molar-refractivity contribution is 4.95. The van der Waals surface area contributed by atoms with Gasteiger partial charge >= 0.3 is 0 Å². The van der Waals surface area contributed by atoms with E-state index < -0.39 is 0 Å². The Morgan fingerprint density at radius 2 is 2.20 bits per heavy atom. The molecule has 0 spiro atoms. The van der Waals surface area contributed by atoms with Gasteiger partial charge in [-0.25, -0.2) is 0 Å². The number of halogens is 1. The van der Waals surface area contributed by atoms with Gasteiger partial charge in [0.25, 0.3) is 0 Å². The first-order chi connectivity index (χ1) is 2.27. The first kappa shape index (κ1) is 7.24. The van der Waals surface area contributed by atoms with Crippen molar-refractivity contribution in [2.24, 2.45) is 0 Å². The van der Waals surface area contributed by atoms with Gasteiger partial charge in [-0.05, 0) is 27.0 Å². The van der Waals surface area contributed by atoms with E-state index in [0.29, 0.717) is 0 Å². The van der Waals surface area contributed by atoms with E-state index in [1.54, 1.807) is 0 Å². The van der Waals surface area contributed by atoms with Gasteiger partial charge < -0.3 is 0 Å². The zero-order chi connectivity index (χ0) is 4.28. The molecule has 5 heteroatoms. The summed E-state index contributed by atoms with van der Waals surface area (Å²) in [6, 6.07) is 0. The largest absolute Gasteiger partial charge is 0.101 e. The van der Waals surface area contributed by atoms with E-state index in [1.807, 2.05) is 0 Å². The fourth-order valence-electron chi connectivity index (χ4n) is 0. The molecule has 0 aliphatic heterocycles. The molecule has 0 aliphatic carbocycles. The summed E-state index contributed by atoms with van der Waals surface area (Å²) in [5.41, 5.74) is 0. The normalized spacial score (nSPS) is 17.4. The van der Waals surface area contributed by atoms with Crippen LogP contribution in [0.4, 0.5) is 0 Å². The minimum absolute atomic E-state index is 0.230. The molecule has 0 amide bonds. The Morgan fingerprint density at radius 1 is 2.00 bits per heavy atom. The quantitative estimate of drug-likeness (QED) is 0.381. The molecule has 29 valence electrons. The van der Waals surface area contributed by atoms with Crippen LogP contribution in [0.3, 0.4) is 0 Å². The van der Waals surface area contributed by atoms with E-state index in [2.05, 4.69) is 40.9 Å². The Labute approximate surface area is 53.5 Å². The third-order valence-corrected chi connectivity index (χ3v) is 12.9. The van der Waals surface area contributed by atoms with Crippen molar-refractivity contribution in [2.45, 2.75) is 0 Å². The van der Waals surface area contributed by atoms with Gasteiger partial charge in [-0.15, -0.1) is 7.82 Å². The van der Waals surface area contributed by atoms with E-state index >= 15 is 0 Å². The number of rotatable bonds is 1. The second kappa shape index (κ2) is 4.40. The highest BCUT2D eigenvalue weighted by Gasteiger charge is 1.81. The molecule has 0 aromatic carbocycles. The van der Waals surface area contributed by atoms with Crippen LogP contribution >= 0.6 is 43.7 Å². The monoisotopic (exact) mass is 251 g/mol.